The maximum atomic E-state index is 13.8. The van der Waals surface area contributed by atoms with Gasteiger partial charge in [-0.1, -0.05) is 42.5 Å². The topological polar surface area (TPSA) is 105 Å². The Labute approximate surface area is 227 Å². The Balaban J connectivity index is 1.41. The predicted molar refractivity (Wildman–Crippen MR) is 147 cm³/mol. The van der Waals surface area contributed by atoms with Gasteiger partial charge in [-0.05, 0) is 42.3 Å². The van der Waals surface area contributed by atoms with Crippen LogP contribution in [0.4, 0.5) is 5.69 Å². The van der Waals surface area contributed by atoms with Crippen molar-refractivity contribution in [3.63, 3.8) is 0 Å². The van der Waals surface area contributed by atoms with E-state index in [0.29, 0.717) is 41.4 Å². The zero-order valence-electron chi connectivity index (χ0n) is 22.3. The fraction of sp³-hybridized carbons (Fsp3) is 0.300. The lowest BCUT2D eigenvalue weighted by Gasteiger charge is -2.39. The van der Waals surface area contributed by atoms with E-state index >= 15 is 0 Å². The van der Waals surface area contributed by atoms with Gasteiger partial charge in [-0.15, -0.1) is 0 Å². The molecule has 1 unspecified atom stereocenters. The minimum Gasteiger partial charge on any atom is -0.493 e. The van der Waals surface area contributed by atoms with Crippen molar-refractivity contribution in [1.29, 1.82) is 0 Å². The molecule has 3 amide bonds. The van der Waals surface area contributed by atoms with Crippen molar-refractivity contribution in [3.05, 3.63) is 89.0 Å². The van der Waals surface area contributed by atoms with Crippen LogP contribution < -0.4 is 20.1 Å². The number of methoxy groups -OCH3 is 2. The molecule has 1 fully saturated rings. The maximum absolute atomic E-state index is 13.8. The number of rotatable bonds is 8. The zero-order valence-corrected chi connectivity index (χ0v) is 22.3. The molecular formula is C30H32N4O5. The molecule has 9 heteroatoms. The fourth-order valence-electron chi connectivity index (χ4n) is 5.54. The third-order valence-corrected chi connectivity index (χ3v) is 7.66. The third kappa shape index (κ3) is 4.70. The molecule has 3 aromatic rings. The summed E-state index contributed by atoms with van der Waals surface area (Å²) in [5.74, 6) is -1.09. The van der Waals surface area contributed by atoms with Crippen LogP contribution in [0.3, 0.4) is 0 Å². The Kier molecular flexibility index (Phi) is 7.26. The molecule has 39 heavy (non-hydrogen) atoms. The Morgan fingerprint density at radius 3 is 2.15 bits per heavy atom. The fourth-order valence-corrected chi connectivity index (χ4v) is 5.54. The van der Waals surface area contributed by atoms with Crippen LogP contribution in [0.2, 0.25) is 0 Å². The second-order valence-corrected chi connectivity index (χ2v) is 9.71. The van der Waals surface area contributed by atoms with Crippen LogP contribution in [-0.4, -0.2) is 67.9 Å². The standard InChI is InChI=1S/C30H32N4O5/c1-19(20-8-5-4-6-9-20)32-14-16-33(17-15-32)23-11-7-10-22-26(23)30(37)34(29(22)36)27(28(31)35)21-12-13-24(38-2)25(18-21)39-3/h4-13,18-19,27H,14-17H2,1-3H3,(H2,31,35)/t19-,27?/m1/s1. The first-order chi connectivity index (χ1) is 18.8. The first-order valence-corrected chi connectivity index (χ1v) is 12.9. The van der Waals surface area contributed by atoms with Crippen molar-refractivity contribution >= 4 is 23.4 Å². The van der Waals surface area contributed by atoms with Gasteiger partial charge in [0, 0.05) is 32.2 Å². The minimum absolute atomic E-state index is 0.268. The zero-order chi connectivity index (χ0) is 27.7. The Bertz CT molecular complexity index is 1400. The average molecular weight is 529 g/mol. The second kappa shape index (κ2) is 10.8. The molecule has 0 radical (unpaired) electrons. The van der Waals surface area contributed by atoms with E-state index in [1.54, 1.807) is 30.3 Å². The lowest BCUT2D eigenvalue weighted by molar-refractivity contribution is -0.122. The summed E-state index contributed by atoms with van der Waals surface area (Å²) in [7, 11) is 2.96. The van der Waals surface area contributed by atoms with E-state index in [-0.39, 0.29) is 11.6 Å². The lowest BCUT2D eigenvalue weighted by Crippen LogP contribution is -2.47. The molecule has 2 aliphatic rings. The minimum atomic E-state index is -1.30. The Morgan fingerprint density at radius 2 is 1.51 bits per heavy atom. The van der Waals surface area contributed by atoms with Gasteiger partial charge < -0.3 is 20.1 Å². The number of benzene rings is 3. The van der Waals surface area contributed by atoms with E-state index in [1.807, 2.05) is 24.3 Å². The Morgan fingerprint density at radius 1 is 0.821 bits per heavy atom. The summed E-state index contributed by atoms with van der Waals surface area (Å²) in [6.07, 6.45) is 0. The summed E-state index contributed by atoms with van der Waals surface area (Å²) in [5.41, 5.74) is 8.65. The molecule has 202 valence electrons. The van der Waals surface area contributed by atoms with Crippen molar-refractivity contribution in [3.8, 4) is 11.5 Å². The molecule has 0 aromatic heterocycles. The van der Waals surface area contributed by atoms with E-state index in [1.165, 1.54) is 19.8 Å². The van der Waals surface area contributed by atoms with Gasteiger partial charge in [0.15, 0.2) is 11.5 Å². The number of primary amides is 1. The molecular weight excluding hydrogens is 496 g/mol. The molecule has 2 N–H and O–H groups in total. The highest BCUT2D eigenvalue weighted by Gasteiger charge is 2.45. The molecule has 2 heterocycles. The third-order valence-electron chi connectivity index (χ3n) is 7.66. The molecule has 0 saturated carbocycles. The van der Waals surface area contributed by atoms with E-state index in [4.69, 9.17) is 15.2 Å². The molecule has 1 saturated heterocycles. The van der Waals surface area contributed by atoms with Crippen LogP contribution in [0.1, 0.15) is 50.9 Å². The van der Waals surface area contributed by atoms with E-state index in [0.717, 1.165) is 18.0 Å². The molecule has 9 nitrogen and oxygen atoms in total. The number of imide groups is 1. The number of fused-ring (bicyclic) bond motifs is 1. The first-order valence-electron chi connectivity index (χ1n) is 12.9. The number of carbonyl (C=O) groups excluding carboxylic acids is 3. The normalized spacial score (nSPS) is 17.1. The monoisotopic (exact) mass is 528 g/mol. The van der Waals surface area contributed by atoms with Crippen molar-refractivity contribution in [2.24, 2.45) is 5.73 Å². The Hall–Kier alpha value is -4.37. The summed E-state index contributed by atoms with van der Waals surface area (Å²) >= 11 is 0. The number of nitrogens with zero attached hydrogens (tertiary/aromatic N) is 3. The number of anilines is 1. The van der Waals surface area contributed by atoms with Gasteiger partial charge in [0.05, 0.1) is 31.0 Å². The van der Waals surface area contributed by atoms with Crippen LogP contribution in [0.25, 0.3) is 0 Å². The number of ether oxygens (including phenoxy) is 2. The van der Waals surface area contributed by atoms with Crippen molar-refractivity contribution in [2.75, 3.05) is 45.3 Å². The first kappa shape index (κ1) is 26.2. The SMILES string of the molecule is COc1ccc(C(C(N)=O)N2C(=O)c3cccc(N4CCN([C@H](C)c5ccccc5)CC4)c3C2=O)cc1OC. The van der Waals surface area contributed by atoms with Crippen molar-refractivity contribution in [2.45, 2.75) is 19.0 Å². The van der Waals surface area contributed by atoms with E-state index < -0.39 is 23.8 Å². The number of piperazine rings is 1. The number of nitrogens with two attached hydrogens (primary N) is 1. The van der Waals surface area contributed by atoms with Gasteiger partial charge in [-0.3, -0.25) is 24.2 Å². The maximum Gasteiger partial charge on any atom is 0.264 e. The highest BCUT2D eigenvalue weighted by Crippen LogP contribution is 2.39. The van der Waals surface area contributed by atoms with Crippen LogP contribution in [-0.2, 0) is 4.79 Å². The van der Waals surface area contributed by atoms with E-state index in [2.05, 4.69) is 28.9 Å². The molecule has 2 aliphatic heterocycles. The average Bonchev–Trinajstić information content (AvgIpc) is 3.22. The van der Waals surface area contributed by atoms with Crippen molar-refractivity contribution in [1.82, 2.24) is 9.80 Å². The molecule has 3 aromatic carbocycles. The van der Waals surface area contributed by atoms with Gasteiger partial charge in [-0.2, -0.15) is 0 Å². The highest BCUT2D eigenvalue weighted by atomic mass is 16.5. The van der Waals surface area contributed by atoms with Crippen molar-refractivity contribution < 1.29 is 23.9 Å². The van der Waals surface area contributed by atoms with Crippen LogP contribution in [0.15, 0.2) is 66.7 Å². The number of amides is 3. The quantitative estimate of drug-likeness (QED) is 0.447. The summed E-state index contributed by atoms with van der Waals surface area (Å²) in [6, 6.07) is 19.4. The van der Waals surface area contributed by atoms with Gasteiger partial charge in [0.1, 0.15) is 6.04 Å². The van der Waals surface area contributed by atoms with Crippen LogP contribution >= 0.6 is 0 Å². The number of hydrogen-bond acceptors (Lipinski definition) is 7. The summed E-state index contributed by atoms with van der Waals surface area (Å²) in [4.78, 5) is 45.6. The van der Waals surface area contributed by atoms with Gasteiger partial charge in [0.2, 0.25) is 5.91 Å². The molecule has 5 rings (SSSR count). The number of hydrogen-bond donors (Lipinski definition) is 1. The molecule has 2 atom stereocenters. The van der Waals surface area contributed by atoms with E-state index in [9.17, 15) is 14.4 Å². The van der Waals surface area contributed by atoms with Gasteiger partial charge in [-0.25, -0.2) is 0 Å². The second-order valence-electron chi connectivity index (χ2n) is 9.71. The van der Waals surface area contributed by atoms with Gasteiger partial charge in [0.25, 0.3) is 11.8 Å². The van der Waals surface area contributed by atoms with Gasteiger partial charge >= 0.3 is 0 Å². The predicted octanol–water partition coefficient (Wildman–Crippen LogP) is 3.41. The molecule has 0 spiro atoms. The van der Waals surface area contributed by atoms with Crippen LogP contribution in [0.5, 0.6) is 11.5 Å². The highest BCUT2D eigenvalue weighted by molar-refractivity contribution is 6.25. The summed E-state index contributed by atoms with van der Waals surface area (Å²) < 4.78 is 10.6. The largest absolute Gasteiger partial charge is 0.493 e. The molecule has 0 aliphatic carbocycles. The summed E-state index contributed by atoms with van der Waals surface area (Å²) in [5, 5.41) is 0. The number of carbonyl (C=O) groups is 3. The smallest absolute Gasteiger partial charge is 0.264 e. The molecule has 0 bridgehead atoms. The van der Waals surface area contributed by atoms with Crippen LogP contribution in [0, 0.1) is 0 Å². The summed E-state index contributed by atoms with van der Waals surface area (Å²) in [6.45, 7) is 5.21. The lowest BCUT2D eigenvalue weighted by atomic mass is 10.0.